The number of nitrogens with two attached hydrogens (primary N) is 3. The van der Waals surface area contributed by atoms with Gasteiger partial charge in [-0.15, -0.1) is 0 Å². The molecule has 3 unspecified atom stereocenters. The molecule has 0 saturated carbocycles. The monoisotopic (exact) mass is 573 g/mol. The third-order valence-corrected chi connectivity index (χ3v) is 7.65. The van der Waals surface area contributed by atoms with E-state index in [0.29, 0.717) is 6.42 Å². The predicted octanol–water partition coefficient (Wildman–Crippen LogP) is -7.14. The Balaban J connectivity index is 1.79. The van der Waals surface area contributed by atoms with Crippen LogP contribution in [0.25, 0.3) is 0 Å². The van der Waals surface area contributed by atoms with Gasteiger partial charge in [-0.05, 0) is 6.42 Å². The van der Waals surface area contributed by atoms with Crippen LogP contribution in [0.2, 0.25) is 0 Å². The van der Waals surface area contributed by atoms with Crippen LogP contribution in [0.1, 0.15) is 19.8 Å². The lowest BCUT2D eigenvalue weighted by molar-refractivity contribution is -0.369. The highest BCUT2D eigenvalue weighted by molar-refractivity contribution is 5.06. The SMILES string of the molecule is CCCC(O)[C@@]1(CO)O[C@H](OC2[C@@H](CO)O[C@@H](OC3[C@@H](CO)O[C@@H](O)[C@H](N)[C@H]3O)[C@H](N)[C@H]2O)[C@H](N)[C@@H](O)[C@@H]1O. The summed E-state index contributed by atoms with van der Waals surface area (Å²) in [4.78, 5) is 0. The van der Waals surface area contributed by atoms with Gasteiger partial charge >= 0.3 is 0 Å². The number of aliphatic hydroxyl groups excluding tert-OH is 9. The van der Waals surface area contributed by atoms with Crippen molar-refractivity contribution in [3.05, 3.63) is 0 Å². The van der Waals surface area contributed by atoms with E-state index in [0.717, 1.165) is 0 Å². The van der Waals surface area contributed by atoms with Crippen LogP contribution in [0.15, 0.2) is 0 Å². The van der Waals surface area contributed by atoms with E-state index in [1.54, 1.807) is 6.92 Å². The fourth-order valence-electron chi connectivity index (χ4n) is 5.13. The molecule has 0 spiro atoms. The van der Waals surface area contributed by atoms with Gasteiger partial charge in [0.05, 0.1) is 44.1 Å². The highest BCUT2D eigenvalue weighted by atomic mass is 16.7. The summed E-state index contributed by atoms with van der Waals surface area (Å²) in [6.07, 6.45) is -17.6. The van der Waals surface area contributed by atoms with Crippen LogP contribution in [0, 0.1) is 0 Å². The fourth-order valence-corrected chi connectivity index (χ4v) is 5.13. The third kappa shape index (κ3) is 6.25. The van der Waals surface area contributed by atoms with Gasteiger partial charge in [-0.25, -0.2) is 0 Å². The first-order valence-corrected chi connectivity index (χ1v) is 12.9. The first-order valence-electron chi connectivity index (χ1n) is 12.9. The molecule has 0 aliphatic carbocycles. The molecule has 39 heavy (non-hydrogen) atoms. The number of aliphatic hydroxyl groups is 9. The molecule has 0 radical (unpaired) electrons. The lowest BCUT2D eigenvalue weighted by atomic mass is 9.80. The van der Waals surface area contributed by atoms with E-state index in [1.165, 1.54) is 0 Å². The maximum absolute atomic E-state index is 11.0. The standard InChI is InChI=1S/C22H43N3O14/c1-2-3-9(29)22(6-28)18(33)15(32)12(25)21(39-22)38-17-8(5-27)36-20(11(24)14(17)31)37-16-7(4-26)35-19(34)10(23)13(16)30/h7-21,26-34H,2-6,23-25H2,1H3/t7-,8-,9?,10-,11-,12-,13-,14-,15-,16?,17?,18+,19-,20+,21+,22-/m1/s1. The first kappa shape index (κ1) is 32.8. The lowest BCUT2D eigenvalue weighted by Gasteiger charge is -2.52. The third-order valence-electron chi connectivity index (χ3n) is 7.65. The number of rotatable bonds is 10. The maximum Gasteiger partial charge on any atom is 0.176 e. The van der Waals surface area contributed by atoms with Crippen LogP contribution >= 0.6 is 0 Å². The number of hydrogen-bond donors (Lipinski definition) is 12. The fraction of sp³-hybridized carbons (Fsp3) is 1.00. The summed E-state index contributed by atoms with van der Waals surface area (Å²) in [5.74, 6) is 0. The molecule has 3 aliphatic rings. The van der Waals surface area contributed by atoms with Crippen LogP contribution in [0.5, 0.6) is 0 Å². The quantitative estimate of drug-likeness (QED) is 0.115. The smallest absolute Gasteiger partial charge is 0.176 e. The normalized spacial score (nSPS) is 50.1. The summed E-state index contributed by atoms with van der Waals surface area (Å²) >= 11 is 0. The zero-order valence-electron chi connectivity index (χ0n) is 21.5. The molecule has 0 aromatic carbocycles. The van der Waals surface area contributed by atoms with Crippen LogP contribution < -0.4 is 17.2 Å². The molecule has 3 saturated heterocycles. The van der Waals surface area contributed by atoms with E-state index in [1.807, 2.05) is 0 Å². The van der Waals surface area contributed by atoms with Gasteiger partial charge in [-0.2, -0.15) is 0 Å². The van der Waals surface area contributed by atoms with Crippen molar-refractivity contribution in [1.82, 2.24) is 0 Å². The van der Waals surface area contributed by atoms with E-state index in [2.05, 4.69) is 0 Å². The van der Waals surface area contributed by atoms with Crippen molar-refractivity contribution in [3.8, 4) is 0 Å². The van der Waals surface area contributed by atoms with Gasteiger partial charge in [0, 0.05) is 0 Å². The predicted molar refractivity (Wildman–Crippen MR) is 127 cm³/mol. The zero-order valence-corrected chi connectivity index (χ0v) is 21.5. The number of ether oxygens (including phenoxy) is 5. The van der Waals surface area contributed by atoms with Crippen LogP contribution in [-0.4, -0.2) is 163 Å². The molecule has 16 atom stereocenters. The second kappa shape index (κ2) is 13.5. The summed E-state index contributed by atoms with van der Waals surface area (Å²) in [5.41, 5.74) is 15.8. The molecule has 0 bridgehead atoms. The van der Waals surface area contributed by atoms with Crippen molar-refractivity contribution >= 4 is 0 Å². The van der Waals surface area contributed by atoms with Crippen LogP contribution in [0.4, 0.5) is 0 Å². The summed E-state index contributed by atoms with van der Waals surface area (Å²) in [5, 5.41) is 92.7. The van der Waals surface area contributed by atoms with Crippen molar-refractivity contribution in [3.63, 3.8) is 0 Å². The maximum atomic E-state index is 11.0. The Morgan fingerprint density at radius 3 is 1.82 bits per heavy atom. The summed E-state index contributed by atoms with van der Waals surface area (Å²) in [7, 11) is 0. The molecule has 0 aromatic rings. The van der Waals surface area contributed by atoms with E-state index in [4.69, 9.17) is 40.9 Å². The Labute approximate surface area is 224 Å². The van der Waals surface area contributed by atoms with E-state index < -0.39 is 117 Å². The molecule has 0 aromatic heterocycles. The molecule has 3 fully saturated rings. The molecule has 3 aliphatic heterocycles. The summed E-state index contributed by atoms with van der Waals surface area (Å²) in [6.45, 7) is -0.586. The van der Waals surface area contributed by atoms with E-state index in [-0.39, 0.29) is 6.42 Å². The molecule has 17 heteroatoms. The molecule has 17 nitrogen and oxygen atoms in total. The molecular weight excluding hydrogens is 530 g/mol. The second-order valence-corrected chi connectivity index (χ2v) is 10.2. The van der Waals surface area contributed by atoms with Gasteiger partial charge in [0.25, 0.3) is 0 Å². The Kier molecular flexibility index (Phi) is 11.4. The minimum Gasteiger partial charge on any atom is -0.394 e. The molecular formula is C22H43N3O14. The van der Waals surface area contributed by atoms with Crippen molar-refractivity contribution < 1.29 is 69.6 Å². The molecule has 3 heterocycles. The average molecular weight is 574 g/mol. The van der Waals surface area contributed by atoms with Crippen molar-refractivity contribution in [2.75, 3.05) is 19.8 Å². The van der Waals surface area contributed by atoms with Gasteiger partial charge in [-0.1, -0.05) is 13.3 Å². The minimum atomic E-state index is -2.07. The molecule has 15 N–H and O–H groups in total. The number of hydrogen-bond acceptors (Lipinski definition) is 17. The highest BCUT2D eigenvalue weighted by Crippen LogP contribution is 2.36. The molecule has 0 amide bonds. The Morgan fingerprint density at radius 2 is 1.28 bits per heavy atom. The van der Waals surface area contributed by atoms with Crippen molar-refractivity contribution in [2.24, 2.45) is 17.2 Å². The molecule has 230 valence electrons. The highest BCUT2D eigenvalue weighted by Gasteiger charge is 2.58. The Bertz CT molecular complexity index is 770. The molecule has 3 rings (SSSR count). The topological polar surface area (TPSA) is 306 Å². The largest absolute Gasteiger partial charge is 0.394 e. The minimum absolute atomic E-state index is 0.0941. The van der Waals surface area contributed by atoms with Crippen molar-refractivity contribution in [1.29, 1.82) is 0 Å². The van der Waals surface area contributed by atoms with Crippen molar-refractivity contribution in [2.45, 2.75) is 117 Å². The summed E-state index contributed by atoms with van der Waals surface area (Å²) < 4.78 is 28.0. The van der Waals surface area contributed by atoms with E-state index in [9.17, 15) is 46.0 Å². The van der Waals surface area contributed by atoms with Gasteiger partial charge < -0.3 is 86.8 Å². The Morgan fingerprint density at radius 1 is 0.769 bits per heavy atom. The van der Waals surface area contributed by atoms with Gasteiger partial charge in [-0.3, -0.25) is 0 Å². The lowest BCUT2D eigenvalue weighted by Crippen LogP contribution is -2.73. The average Bonchev–Trinajstić information content (AvgIpc) is 2.92. The van der Waals surface area contributed by atoms with Gasteiger partial charge in [0.15, 0.2) is 18.9 Å². The van der Waals surface area contributed by atoms with Gasteiger partial charge in [0.2, 0.25) is 0 Å². The van der Waals surface area contributed by atoms with Crippen LogP contribution in [0.3, 0.4) is 0 Å². The van der Waals surface area contributed by atoms with Crippen LogP contribution in [-0.2, 0) is 23.7 Å². The zero-order chi connectivity index (χ0) is 29.2. The first-order chi connectivity index (χ1) is 18.4. The van der Waals surface area contributed by atoms with Gasteiger partial charge in [0.1, 0.15) is 54.4 Å². The van der Waals surface area contributed by atoms with E-state index >= 15 is 0 Å². The summed E-state index contributed by atoms with van der Waals surface area (Å²) in [6, 6.07) is -4.11. The Hall–Kier alpha value is -0.680. The second-order valence-electron chi connectivity index (χ2n) is 10.2.